The summed E-state index contributed by atoms with van der Waals surface area (Å²) in [6.07, 6.45) is 0.598. The standard InChI is InChI=1S/C19H15NO6/c1-10-7-11-8-12(9-15(24-2)16(11)25-10)19(23)26-20-17(21)13-5-3-4-6-14(13)18(20)22/h3-6,8-10H,7H2,1-2H3. The monoisotopic (exact) mass is 353 g/mol. The number of benzene rings is 2. The number of amides is 2. The summed E-state index contributed by atoms with van der Waals surface area (Å²) >= 11 is 0. The molecular formula is C19H15NO6. The number of methoxy groups -OCH3 is 1. The second kappa shape index (κ2) is 5.87. The van der Waals surface area contributed by atoms with E-state index < -0.39 is 17.8 Å². The molecule has 0 spiro atoms. The van der Waals surface area contributed by atoms with Crippen LogP contribution in [-0.4, -0.2) is 36.1 Å². The molecule has 2 heterocycles. The third kappa shape index (κ3) is 2.40. The summed E-state index contributed by atoms with van der Waals surface area (Å²) in [6, 6.07) is 9.41. The number of ether oxygens (including phenoxy) is 2. The fraction of sp³-hybridized carbons (Fsp3) is 0.211. The van der Waals surface area contributed by atoms with Crippen LogP contribution in [0.3, 0.4) is 0 Å². The summed E-state index contributed by atoms with van der Waals surface area (Å²) < 4.78 is 11.0. The Hall–Kier alpha value is -3.35. The van der Waals surface area contributed by atoms with Crippen LogP contribution in [0.15, 0.2) is 36.4 Å². The number of hydroxylamine groups is 2. The average molecular weight is 353 g/mol. The van der Waals surface area contributed by atoms with Gasteiger partial charge in [0.1, 0.15) is 6.10 Å². The first-order valence-corrected chi connectivity index (χ1v) is 8.07. The van der Waals surface area contributed by atoms with Gasteiger partial charge in [0.15, 0.2) is 11.5 Å². The molecule has 7 heteroatoms. The van der Waals surface area contributed by atoms with Crippen molar-refractivity contribution in [1.29, 1.82) is 0 Å². The normalized spacial score (nSPS) is 17.6. The van der Waals surface area contributed by atoms with Crippen molar-refractivity contribution in [2.75, 3.05) is 7.11 Å². The number of hydrogen-bond acceptors (Lipinski definition) is 6. The molecule has 2 aliphatic rings. The second-order valence-electron chi connectivity index (χ2n) is 6.13. The molecule has 0 aromatic heterocycles. The highest BCUT2D eigenvalue weighted by molar-refractivity contribution is 6.21. The Morgan fingerprint density at radius 1 is 1.15 bits per heavy atom. The molecule has 26 heavy (non-hydrogen) atoms. The van der Waals surface area contributed by atoms with Gasteiger partial charge in [0.25, 0.3) is 11.8 Å². The SMILES string of the molecule is COc1cc(C(=O)ON2C(=O)c3ccccc3C2=O)cc2c1OC(C)C2. The summed E-state index contributed by atoms with van der Waals surface area (Å²) in [5, 5.41) is 0.492. The van der Waals surface area contributed by atoms with Crippen molar-refractivity contribution in [3.05, 3.63) is 58.7 Å². The Balaban J connectivity index is 1.61. The maximum atomic E-state index is 12.5. The summed E-state index contributed by atoms with van der Waals surface area (Å²) in [5.41, 5.74) is 1.40. The smallest absolute Gasteiger partial charge is 0.364 e. The molecule has 4 rings (SSSR count). The lowest BCUT2D eigenvalue weighted by Crippen LogP contribution is -2.32. The van der Waals surface area contributed by atoms with Gasteiger partial charge in [-0.3, -0.25) is 9.59 Å². The molecule has 1 atom stereocenters. The lowest BCUT2D eigenvalue weighted by Gasteiger charge is -2.14. The van der Waals surface area contributed by atoms with Crippen molar-refractivity contribution in [3.8, 4) is 11.5 Å². The molecule has 0 aliphatic carbocycles. The zero-order chi connectivity index (χ0) is 18.4. The molecule has 1 unspecified atom stereocenters. The van der Waals surface area contributed by atoms with Crippen molar-refractivity contribution in [1.82, 2.24) is 5.06 Å². The molecule has 2 amide bonds. The molecule has 2 aromatic carbocycles. The van der Waals surface area contributed by atoms with Crippen molar-refractivity contribution in [2.45, 2.75) is 19.4 Å². The van der Waals surface area contributed by atoms with Gasteiger partial charge in [-0.25, -0.2) is 4.79 Å². The Kier molecular flexibility index (Phi) is 3.64. The summed E-state index contributed by atoms with van der Waals surface area (Å²) in [4.78, 5) is 42.2. The van der Waals surface area contributed by atoms with E-state index >= 15 is 0 Å². The summed E-state index contributed by atoms with van der Waals surface area (Å²) in [7, 11) is 1.47. The maximum Gasteiger partial charge on any atom is 0.364 e. The van der Waals surface area contributed by atoms with Crippen molar-refractivity contribution >= 4 is 17.8 Å². The molecule has 0 N–H and O–H groups in total. The van der Waals surface area contributed by atoms with E-state index in [1.807, 2.05) is 6.92 Å². The van der Waals surface area contributed by atoms with E-state index in [1.165, 1.54) is 25.3 Å². The van der Waals surface area contributed by atoms with E-state index in [-0.39, 0.29) is 22.8 Å². The van der Waals surface area contributed by atoms with E-state index in [0.717, 1.165) is 5.56 Å². The third-order valence-electron chi connectivity index (χ3n) is 4.34. The Bertz CT molecular complexity index is 916. The van der Waals surface area contributed by atoms with Gasteiger partial charge in [-0.2, -0.15) is 0 Å². The molecule has 132 valence electrons. The fourth-order valence-corrected chi connectivity index (χ4v) is 3.15. The van der Waals surface area contributed by atoms with E-state index in [1.54, 1.807) is 18.2 Å². The van der Waals surface area contributed by atoms with Gasteiger partial charge >= 0.3 is 5.97 Å². The van der Waals surface area contributed by atoms with Crippen molar-refractivity contribution in [2.24, 2.45) is 0 Å². The van der Waals surface area contributed by atoms with E-state index in [9.17, 15) is 14.4 Å². The average Bonchev–Trinajstić information content (AvgIpc) is 3.13. The van der Waals surface area contributed by atoms with Crippen LogP contribution in [-0.2, 0) is 11.3 Å². The molecule has 0 saturated carbocycles. The number of nitrogens with zero attached hydrogens (tertiary/aromatic N) is 1. The number of rotatable bonds is 3. The molecule has 0 fully saturated rings. The first kappa shape index (κ1) is 16.1. The first-order chi connectivity index (χ1) is 12.5. The topological polar surface area (TPSA) is 82.1 Å². The third-order valence-corrected chi connectivity index (χ3v) is 4.34. The maximum absolute atomic E-state index is 12.5. The van der Waals surface area contributed by atoms with Gasteiger partial charge in [0.05, 0.1) is 23.8 Å². The quantitative estimate of drug-likeness (QED) is 0.788. The highest BCUT2D eigenvalue weighted by Gasteiger charge is 2.39. The zero-order valence-corrected chi connectivity index (χ0v) is 14.1. The lowest BCUT2D eigenvalue weighted by molar-refractivity contribution is -0.0584. The van der Waals surface area contributed by atoms with E-state index in [2.05, 4.69) is 0 Å². The highest BCUT2D eigenvalue weighted by atomic mass is 16.7. The van der Waals surface area contributed by atoms with Gasteiger partial charge in [-0.1, -0.05) is 17.2 Å². The predicted octanol–water partition coefficient (Wildman–Crippen LogP) is 2.39. The van der Waals surface area contributed by atoms with Crippen LogP contribution in [0.5, 0.6) is 11.5 Å². The lowest BCUT2D eigenvalue weighted by atomic mass is 10.1. The number of carbonyl (C=O) groups is 3. The van der Waals surface area contributed by atoms with Crippen LogP contribution in [0, 0.1) is 0 Å². The molecule has 7 nitrogen and oxygen atoms in total. The Labute approximate surface area is 149 Å². The number of hydrogen-bond donors (Lipinski definition) is 0. The van der Waals surface area contributed by atoms with Crippen LogP contribution < -0.4 is 9.47 Å². The predicted molar refractivity (Wildman–Crippen MR) is 89.1 cm³/mol. The van der Waals surface area contributed by atoms with Crippen LogP contribution in [0.25, 0.3) is 0 Å². The summed E-state index contributed by atoms with van der Waals surface area (Å²) in [6.45, 7) is 1.91. The molecule has 0 bridgehead atoms. The van der Waals surface area contributed by atoms with E-state index in [4.69, 9.17) is 14.3 Å². The number of fused-ring (bicyclic) bond motifs is 2. The van der Waals surface area contributed by atoms with Crippen molar-refractivity contribution < 1.29 is 28.7 Å². The first-order valence-electron chi connectivity index (χ1n) is 8.07. The van der Waals surface area contributed by atoms with Crippen LogP contribution in [0.1, 0.15) is 43.6 Å². The number of carbonyl (C=O) groups excluding carboxylic acids is 3. The van der Waals surface area contributed by atoms with Crippen LogP contribution in [0.2, 0.25) is 0 Å². The number of imide groups is 1. The van der Waals surface area contributed by atoms with Crippen molar-refractivity contribution in [3.63, 3.8) is 0 Å². The molecule has 0 radical (unpaired) electrons. The Morgan fingerprint density at radius 2 is 1.81 bits per heavy atom. The minimum atomic E-state index is -0.819. The second-order valence-corrected chi connectivity index (χ2v) is 6.13. The molecular weight excluding hydrogens is 338 g/mol. The highest BCUT2D eigenvalue weighted by Crippen LogP contribution is 2.39. The summed E-state index contributed by atoms with van der Waals surface area (Å²) in [5.74, 6) is -1.15. The minimum Gasteiger partial charge on any atom is -0.493 e. The molecule has 2 aromatic rings. The fourth-order valence-electron chi connectivity index (χ4n) is 3.15. The van der Waals surface area contributed by atoms with Gasteiger partial charge < -0.3 is 14.3 Å². The van der Waals surface area contributed by atoms with Gasteiger partial charge in [-0.05, 0) is 31.2 Å². The minimum absolute atomic E-state index is 0.0265. The Morgan fingerprint density at radius 3 is 2.42 bits per heavy atom. The zero-order valence-electron chi connectivity index (χ0n) is 14.1. The molecule has 2 aliphatic heterocycles. The van der Waals surface area contributed by atoms with E-state index in [0.29, 0.717) is 23.0 Å². The largest absolute Gasteiger partial charge is 0.493 e. The van der Waals surface area contributed by atoms with Crippen LogP contribution in [0.4, 0.5) is 0 Å². The van der Waals surface area contributed by atoms with Gasteiger partial charge in [-0.15, -0.1) is 0 Å². The van der Waals surface area contributed by atoms with Crippen LogP contribution >= 0.6 is 0 Å². The van der Waals surface area contributed by atoms with Gasteiger partial charge in [0, 0.05) is 12.0 Å². The van der Waals surface area contributed by atoms with Gasteiger partial charge in [0.2, 0.25) is 0 Å². The molecule has 0 saturated heterocycles.